The van der Waals surface area contributed by atoms with Gasteiger partial charge in [0.05, 0.1) is 11.7 Å². The summed E-state index contributed by atoms with van der Waals surface area (Å²) in [6, 6.07) is 16.2. The minimum Gasteiger partial charge on any atom is -0.377 e. The molecule has 4 nitrogen and oxygen atoms in total. The van der Waals surface area contributed by atoms with Gasteiger partial charge in [-0.1, -0.05) is 36.4 Å². The van der Waals surface area contributed by atoms with Crippen molar-refractivity contribution in [2.45, 2.75) is 36.9 Å². The second-order valence-corrected chi connectivity index (χ2v) is 8.24. The van der Waals surface area contributed by atoms with E-state index in [2.05, 4.69) is 48.6 Å². The fourth-order valence-electron chi connectivity index (χ4n) is 3.14. The van der Waals surface area contributed by atoms with Crippen molar-refractivity contribution in [3.05, 3.63) is 65.2 Å². The van der Waals surface area contributed by atoms with Gasteiger partial charge in [-0.3, -0.25) is 4.79 Å². The number of benzene rings is 2. The highest BCUT2D eigenvalue weighted by Crippen LogP contribution is 2.26. The van der Waals surface area contributed by atoms with Crippen LogP contribution in [-0.4, -0.2) is 43.4 Å². The molecule has 1 atom stereocenters. The van der Waals surface area contributed by atoms with Crippen molar-refractivity contribution >= 4 is 17.7 Å². The first-order valence-electron chi connectivity index (χ1n) is 9.46. The molecule has 144 valence electrons. The van der Waals surface area contributed by atoms with Gasteiger partial charge in [-0.05, 0) is 50.2 Å². The summed E-state index contributed by atoms with van der Waals surface area (Å²) in [7, 11) is 4.12. The lowest BCUT2D eigenvalue weighted by atomic mass is 10.1. The highest BCUT2D eigenvalue weighted by Gasteiger charge is 2.17. The Hall–Kier alpha value is -1.82. The molecule has 27 heavy (non-hydrogen) atoms. The number of thioether (sulfide) groups is 1. The third-order valence-electron chi connectivity index (χ3n) is 4.56. The first kappa shape index (κ1) is 19.9. The SMILES string of the molecule is CN(C)Cc1ccc(CNC(=O)c2ccccc2SCC2CCCO2)cc1. The summed E-state index contributed by atoms with van der Waals surface area (Å²) in [5.74, 6) is 0.875. The minimum atomic E-state index is -0.0252. The Morgan fingerprint density at radius 2 is 1.89 bits per heavy atom. The predicted molar refractivity (Wildman–Crippen MR) is 111 cm³/mol. The second kappa shape index (κ2) is 9.93. The predicted octanol–water partition coefficient (Wildman–Crippen LogP) is 3.95. The fraction of sp³-hybridized carbons (Fsp3) is 0.409. The van der Waals surface area contributed by atoms with E-state index in [1.165, 1.54) is 5.56 Å². The molecule has 5 heteroatoms. The minimum absolute atomic E-state index is 0.0252. The van der Waals surface area contributed by atoms with Crippen molar-refractivity contribution in [1.82, 2.24) is 10.2 Å². The largest absolute Gasteiger partial charge is 0.377 e. The molecule has 3 rings (SSSR count). The molecule has 0 radical (unpaired) electrons. The molecule has 1 aliphatic rings. The number of hydrogen-bond acceptors (Lipinski definition) is 4. The average molecular weight is 385 g/mol. The molecule has 1 aliphatic heterocycles. The zero-order chi connectivity index (χ0) is 19.1. The number of ether oxygens (including phenoxy) is 1. The number of amides is 1. The van der Waals surface area contributed by atoms with Gasteiger partial charge in [0.1, 0.15) is 0 Å². The molecule has 0 aliphatic carbocycles. The summed E-state index contributed by atoms with van der Waals surface area (Å²) >= 11 is 1.71. The Morgan fingerprint density at radius 1 is 1.15 bits per heavy atom. The quantitative estimate of drug-likeness (QED) is 0.700. The summed E-state index contributed by atoms with van der Waals surface area (Å²) in [6.07, 6.45) is 2.57. The maximum absolute atomic E-state index is 12.7. The van der Waals surface area contributed by atoms with Crippen LogP contribution in [0.1, 0.15) is 34.3 Å². The van der Waals surface area contributed by atoms with Crippen molar-refractivity contribution in [2.75, 3.05) is 26.5 Å². The van der Waals surface area contributed by atoms with Crippen LogP contribution in [0.25, 0.3) is 0 Å². The van der Waals surface area contributed by atoms with Crippen LogP contribution in [0.3, 0.4) is 0 Å². The molecule has 1 unspecified atom stereocenters. The van der Waals surface area contributed by atoms with E-state index >= 15 is 0 Å². The summed E-state index contributed by atoms with van der Waals surface area (Å²) in [4.78, 5) is 15.8. The van der Waals surface area contributed by atoms with E-state index in [0.29, 0.717) is 12.6 Å². The van der Waals surface area contributed by atoms with Crippen LogP contribution < -0.4 is 5.32 Å². The molecular weight excluding hydrogens is 356 g/mol. The van der Waals surface area contributed by atoms with Gasteiger partial charge in [-0.2, -0.15) is 0 Å². The van der Waals surface area contributed by atoms with E-state index in [-0.39, 0.29) is 5.91 Å². The van der Waals surface area contributed by atoms with E-state index in [1.54, 1.807) is 11.8 Å². The summed E-state index contributed by atoms with van der Waals surface area (Å²) in [5, 5.41) is 3.05. The normalized spacial score (nSPS) is 16.6. The molecule has 2 aromatic rings. The van der Waals surface area contributed by atoms with Crippen LogP contribution in [0.15, 0.2) is 53.4 Å². The van der Waals surface area contributed by atoms with E-state index in [0.717, 1.165) is 47.8 Å². The van der Waals surface area contributed by atoms with Crippen LogP contribution in [0.2, 0.25) is 0 Å². The molecular formula is C22H28N2O2S. The molecule has 1 N–H and O–H groups in total. The third kappa shape index (κ3) is 6.09. The van der Waals surface area contributed by atoms with Gasteiger partial charge >= 0.3 is 0 Å². The standard InChI is InChI=1S/C22H28N2O2S/c1-24(2)15-18-11-9-17(10-12-18)14-23-22(25)20-7-3-4-8-21(20)27-16-19-6-5-13-26-19/h3-4,7-12,19H,5-6,13-16H2,1-2H3,(H,23,25). The lowest BCUT2D eigenvalue weighted by molar-refractivity contribution is 0.0948. The number of rotatable bonds is 8. The van der Waals surface area contributed by atoms with Gasteiger partial charge in [-0.25, -0.2) is 0 Å². The Bertz CT molecular complexity index is 740. The van der Waals surface area contributed by atoms with Gasteiger partial charge in [0.2, 0.25) is 0 Å². The number of carbonyl (C=O) groups excluding carboxylic acids is 1. The van der Waals surface area contributed by atoms with Crippen molar-refractivity contribution in [3.63, 3.8) is 0 Å². The van der Waals surface area contributed by atoms with Crippen molar-refractivity contribution in [1.29, 1.82) is 0 Å². The first-order valence-corrected chi connectivity index (χ1v) is 10.4. The molecule has 1 amide bonds. The summed E-state index contributed by atoms with van der Waals surface area (Å²) in [5.41, 5.74) is 3.12. The van der Waals surface area contributed by atoms with Gasteiger partial charge in [0.25, 0.3) is 5.91 Å². The first-order chi connectivity index (χ1) is 13.1. The highest BCUT2D eigenvalue weighted by molar-refractivity contribution is 7.99. The number of carbonyl (C=O) groups is 1. The highest BCUT2D eigenvalue weighted by atomic mass is 32.2. The number of hydrogen-bond donors (Lipinski definition) is 1. The van der Waals surface area contributed by atoms with Crippen LogP contribution in [0, 0.1) is 0 Å². The lowest BCUT2D eigenvalue weighted by Crippen LogP contribution is -2.23. The maximum Gasteiger partial charge on any atom is 0.252 e. The van der Waals surface area contributed by atoms with Gasteiger partial charge in [0, 0.05) is 30.3 Å². The Kier molecular flexibility index (Phi) is 7.33. The van der Waals surface area contributed by atoms with E-state index in [9.17, 15) is 4.79 Å². The third-order valence-corrected chi connectivity index (χ3v) is 5.76. The van der Waals surface area contributed by atoms with Gasteiger partial charge < -0.3 is 15.0 Å². The van der Waals surface area contributed by atoms with Gasteiger partial charge in [-0.15, -0.1) is 11.8 Å². The molecule has 0 spiro atoms. The Morgan fingerprint density at radius 3 is 2.59 bits per heavy atom. The Balaban J connectivity index is 1.55. The molecule has 1 heterocycles. The molecule has 0 bridgehead atoms. The summed E-state index contributed by atoms with van der Waals surface area (Å²) < 4.78 is 5.69. The Labute approximate surface area is 166 Å². The molecule has 0 aromatic heterocycles. The maximum atomic E-state index is 12.7. The summed E-state index contributed by atoms with van der Waals surface area (Å²) in [6.45, 7) is 2.31. The molecule has 1 fully saturated rings. The van der Waals surface area contributed by atoms with Crippen molar-refractivity contribution in [2.24, 2.45) is 0 Å². The van der Waals surface area contributed by atoms with Crippen molar-refractivity contribution in [3.8, 4) is 0 Å². The zero-order valence-corrected chi connectivity index (χ0v) is 16.9. The van der Waals surface area contributed by atoms with E-state index < -0.39 is 0 Å². The monoisotopic (exact) mass is 384 g/mol. The number of nitrogens with zero attached hydrogens (tertiary/aromatic N) is 1. The molecule has 1 saturated heterocycles. The lowest BCUT2D eigenvalue weighted by Gasteiger charge is -2.13. The smallest absolute Gasteiger partial charge is 0.252 e. The fourth-order valence-corrected chi connectivity index (χ4v) is 4.26. The second-order valence-electron chi connectivity index (χ2n) is 7.18. The molecule has 2 aromatic carbocycles. The van der Waals surface area contributed by atoms with E-state index in [1.807, 2.05) is 24.3 Å². The average Bonchev–Trinajstić information content (AvgIpc) is 3.19. The van der Waals surface area contributed by atoms with Crippen LogP contribution in [0.4, 0.5) is 0 Å². The molecule has 0 saturated carbocycles. The number of nitrogens with one attached hydrogen (secondary N) is 1. The van der Waals surface area contributed by atoms with Crippen molar-refractivity contribution < 1.29 is 9.53 Å². The topological polar surface area (TPSA) is 41.6 Å². The van der Waals surface area contributed by atoms with Crippen LogP contribution in [-0.2, 0) is 17.8 Å². The zero-order valence-electron chi connectivity index (χ0n) is 16.1. The van der Waals surface area contributed by atoms with E-state index in [4.69, 9.17) is 4.74 Å². The van der Waals surface area contributed by atoms with Crippen LogP contribution in [0.5, 0.6) is 0 Å². The van der Waals surface area contributed by atoms with Gasteiger partial charge in [0.15, 0.2) is 0 Å². The van der Waals surface area contributed by atoms with Crippen LogP contribution >= 0.6 is 11.8 Å².